The molecule has 2 N–H and O–H groups in total. The molecule has 1 saturated heterocycles. The van der Waals surface area contributed by atoms with Gasteiger partial charge in [-0.05, 0) is 31.0 Å². The van der Waals surface area contributed by atoms with Gasteiger partial charge in [0.2, 0.25) is 5.91 Å². The topological polar surface area (TPSA) is 49.6 Å². The molecule has 1 aliphatic heterocycles. The zero-order valence-electron chi connectivity index (χ0n) is 14.3. The predicted molar refractivity (Wildman–Crippen MR) is 105 cm³/mol. The number of hydrogen-bond donors (Lipinski definition) is 1. The summed E-state index contributed by atoms with van der Waals surface area (Å²) in [6.45, 7) is 8.24. The predicted octanol–water partition coefficient (Wildman–Crippen LogP) is 3.20. The third-order valence-corrected chi connectivity index (χ3v) is 4.65. The quantitative estimate of drug-likeness (QED) is 0.850. The molecule has 0 bridgehead atoms. The molecule has 0 aromatic heterocycles. The van der Waals surface area contributed by atoms with Crippen molar-refractivity contribution in [3.05, 3.63) is 34.9 Å². The molecule has 7 heteroatoms. The SMILES string of the molecule is CC(N)C(C)C(=O)N1CCCN(Cc2ccc(Cl)cc2)CC1.Cl.Cl. The van der Waals surface area contributed by atoms with Crippen LogP contribution in [-0.2, 0) is 11.3 Å². The number of carbonyl (C=O) groups is 1. The average Bonchev–Trinajstić information content (AvgIpc) is 2.73. The normalized spacial score (nSPS) is 17.9. The van der Waals surface area contributed by atoms with E-state index >= 15 is 0 Å². The van der Waals surface area contributed by atoms with Gasteiger partial charge < -0.3 is 10.6 Å². The molecule has 2 atom stereocenters. The minimum absolute atomic E-state index is 0. The van der Waals surface area contributed by atoms with Gasteiger partial charge in [0.15, 0.2) is 0 Å². The maximum Gasteiger partial charge on any atom is 0.226 e. The Kier molecular flexibility index (Phi) is 10.9. The summed E-state index contributed by atoms with van der Waals surface area (Å²) in [4.78, 5) is 16.8. The van der Waals surface area contributed by atoms with E-state index in [4.69, 9.17) is 17.3 Å². The summed E-state index contributed by atoms with van der Waals surface area (Å²) in [5, 5.41) is 0.765. The van der Waals surface area contributed by atoms with Crippen molar-refractivity contribution in [1.29, 1.82) is 0 Å². The van der Waals surface area contributed by atoms with Crippen LogP contribution < -0.4 is 5.73 Å². The molecule has 1 heterocycles. The van der Waals surface area contributed by atoms with E-state index in [9.17, 15) is 4.79 Å². The van der Waals surface area contributed by atoms with Gasteiger partial charge in [-0.25, -0.2) is 0 Å². The van der Waals surface area contributed by atoms with Crippen LogP contribution in [0.2, 0.25) is 5.02 Å². The second-order valence-electron chi connectivity index (χ2n) is 6.23. The molecule has 1 fully saturated rings. The number of hydrogen-bond acceptors (Lipinski definition) is 3. The molecule has 0 spiro atoms. The van der Waals surface area contributed by atoms with Gasteiger partial charge in [-0.15, -0.1) is 24.8 Å². The fourth-order valence-electron chi connectivity index (χ4n) is 2.71. The maximum atomic E-state index is 12.4. The standard InChI is InChI=1S/C17H26ClN3O.2ClH/c1-13(14(2)19)17(22)21-9-3-8-20(10-11-21)12-15-4-6-16(18)7-5-15;;/h4-7,13-14H,3,8-12,19H2,1-2H3;2*1H. The fourth-order valence-corrected chi connectivity index (χ4v) is 2.84. The lowest BCUT2D eigenvalue weighted by Crippen LogP contribution is -2.43. The number of rotatable bonds is 4. The number of carbonyl (C=O) groups excluding carboxylic acids is 1. The van der Waals surface area contributed by atoms with Gasteiger partial charge in [-0.3, -0.25) is 9.69 Å². The van der Waals surface area contributed by atoms with E-state index in [1.807, 2.05) is 30.9 Å². The third kappa shape index (κ3) is 6.77. The monoisotopic (exact) mass is 395 g/mol. The van der Waals surface area contributed by atoms with Crippen molar-refractivity contribution >= 4 is 42.3 Å². The minimum Gasteiger partial charge on any atom is -0.341 e. The summed E-state index contributed by atoms with van der Waals surface area (Å²) in [5.41, 5.74) is 7.11. The molecule has 0 aliphatic carbocycles. The third-order valence-electron chi connectivity index (χ3n) is 4.40. The second-order valence-corrected chi connectivity index (χ2v) is 6.67. The molecular formula is C17H28Cl3N3O. The first-order valence-electron chi connectivity index (χ1n) is 7.98. The summed E-state index contributed by atoms with van der Waals surface area (Å²) in [5.74, 6) is 0.0751. The van der Waals surface area contributed by atoms with Crippen molar-refractivity contribution in [3.63, 3.8) is 0 Å². The maximum absolute atomic E-state index is 12.4. The Bertz CT molecular complexity index is 496. The first-order valence-corrected chi connectivity index (χ1v) is 8.36. The van der Waals surface area contributed by atoms with Crippen LogP contribution in [0.15, 0.2) is 24.3 Å². The van der Waals surface area contributed by atoms with Crippen molar-refractivity contribution in [2.75, 3.05) is 26.2 Å². The van der Waals surface area contributed by atoms with Gasteiger partial charge in [0.05, 0.1) is 5.92 Å². The highest BCUT2D eigenvalue weighted by Gasteiger charge is 2.25. The van der Waals surface area contributed by atoms with Crippen molar-refractivity contribution in [2.45, 2.75) is 32.9 Å². The minimum atomic E-state index is -0.109. The molecular weight excluding hydrogens is 369 g/mol. The molecule has 1 aromatic rings. The van der Waals surface area contributed by atoms with Gasteiger partial charge in [-0.2, -0.15) is 0 Å². The van der Waals surface area contributed by atoms with Crippen LogP contribution in [0.3, 0.4) is 0 Å². The molecule has 0 radical (unpaired) electrons. The summed E-state index contributed by atoms with van der Waals surface area (Å²) >= 11 is 5.92. The fraction of sp³-hybridized carbons (Fsp3) is 0.588. The second kappa shape index (κ2) is 11.2. The van der Waals surface area contributed by atoms with Gasteiger partial charge in [-0.1, -0.05) is 30.7 Å². The molecule has 1 amide bonds. The van der Waals surface area contributed by atoms with Crippen molar-refractivity contribution < 1.29 is 4.79 Å². The summed E-state index contributed by atoms with van der Waals surface area (Å²) in [7, 11) is 0. The number of amides is 1. The van der Waals surface area contributed by atoms with Gasteiger partial charge in [0.25, 0.3) is 0 Å². The average molecular weight is 397 g/mol. The highest BCUT2D eigenvalue weighted by atomic mass is 35.5. The van der Waals surface area contributed by atoms with Crippen molar-refractivity contribution in [2.24, 2.45) is 11.7 Å². The Labute approximate surface area is 162 Å². The highest BCUT2D eigenvalue weighted by molar-refractivity contribution is 6.30. The van der Waals surface area contributed by atoms with Crippen molar-refractivity contribution in [1.82, 2.24) is 9.80 Å². The van der Waals surface area contributed by atoms with Crippen LogP contribution in [0.5, 0.6) is 0 Å². The number of halogens is 3. The van der Waals surface area contributed by atoms with E-state index in [0.717, 1.165) is 44.2 Å². The number of nitrogens with zero attached hydrogens (tertiary/aromatic N) is 2. The smallest absolute Gasteiger partial charge is 0.226 e. The Morgan fingerprint density at radius 1 is 1.12 bits per heavy atom. The Morgan fingerprint density at radius 3 is 2.33 bits per heavy atom. The molecule has 2 rings (SSSR count). The lowest BCUT2D eigenvalue weighted by atomic mass is 10.0. The zero-order chi connectivity index (χ0) is 16.1. The zero-order valence-corrected chi connectivity index (χ0v) is 16.7. The van der Waals surface area contributed by atoms with E-state index < -0.39 is 0 Å². The number of benzene rings is 1. The van der Waals surface area contributed by atoms with E-state index in [0.29, 0.717) is 0 Å². The summed E-state index contributed by atoms with van der Waals surface area (Å²) in [6.07, 6.45) is 1.00. The van der Waals surface area contributed by atoms with E-state index in [-0.39, 0.29) is 42.7 Å². The first kappa shape index (κ1) is 23.5. The molecule has 4 nitrogen and oxygen atoms in total. The van der Waals surface area contributed by atoms with Crippen LogP contribution in [0, 0.1) is 5.92 Å². The van der Waals surface area contributed by atoms with Crippen LogP contribution in [-0.4, -0.2) is 47.9 Å². The molecule has 1 aromatic carbocycles. The van der Waals surface area contributed by atoms with Gasteiger partial charge >= 0.3 is 0 Å². The first-order chi connectivity index (χ1) is 10.5. The van der Waals surface area contributed by atoms with Crippen LogP contribution in [0.25, 0.3) is 0 Å². The lowest BCUT2D eigenvalue weighted by molar-refractivity contribution is -0.135. The molecule has 1 aliphatic rings. The Hall–Kier alpha value is -0.520. The van der Waals surface area contributed by atoms with E-state index in [1.54, 1.807) is 0 Å². The van der Waals surface area contributed by atoms with Crippen molar-refractivity contribution in [3.8, 4) is 0 Å². The van der Waals surface area contributed by atoms with Crippen LogP contribution in [0.4, 0.5) is 0 Å². The molecule has 0 saturated carbocycles. The van der Waals surface area contributed by atoms with Gasteiger partial charge in [0, 0.05) is 43.8 Å². The van der Waals surface area contributed by atoms with E-state index in [2.05, 4.69) is 17.0 Å². The van der Waals surface area contributed by atoms with Crippen LogP contribution in [0.1, 0.15) is 25.8 Å². The largest absolute Gasteiger partial charge is 0.341 e. The Morgan fingerprint density at radius 2 is 1.75 bits per heavy atom. The Balaban J connectivity index is 0.00000264. The number of nitrogens with two attached hydrogens (primary N) is 1. The molecule has 138 valence electrons. The molecule has 2 unspecified atom stereocenters. The molecule has 24 heavy (non-hydrogen) atoms. The summed E-state index contributed by atoms with van der Waals surface area (Å²) < 4.78 is 0. The van der Waals surface area contributed by atoms with Crippen LogP contribution >= 0.6 is 36.4 Å². The summed E-state index contributed by atoms with van der Waals surface area (Å²) in [6, 6.07) is 7.88. The van der Waals surface area contributed by atoms with Gasteiger partial charge in [0.1, 0.15) is 0 Å². The van der Waals surface area contributed by atoms with E-state index in [1.165, 1.54) is 5.56 Å². The lowest BCUT2D eigenvalue weighted by Gasteiger charge is -2.26. The highest BCUT2D eigenvalue weighted by Crippen LogP contribution is 2.14.